The van der Waals surface area contributed by atoms with Crippen molar-refractivity contribution in [3.63, 3.8) is 0 Å². The number of ether oxygens (including phenoxy) is 1. The van der Waals surface area contributed by atoms with Crippen molar-refractivity contribution in [2.24, 2.45) is 5.92 Å². The summed E-state index contributed by atoms with van der Waals surface area (Å²) in [6.07, 6.45) is -6.11. The van der Waals surface area contributed by atoms with Crippen molar-refractivity contribution in [2.75, 3.05) is 39.4 Å². The number of hydrogen-bond donors (Lipinski definition) is 2. The summed E-state index contributed by atoms with van der Waals surface area (Å²) in [6, 6.07) is 0. The van der Waals surface area contributed by atoms with Crippen LogP contribution in [0.1, 0.15) is 30.9 Å². The fourth-order valence-corrected chi connectivity index (χ4v) is 3.38. The lowest BCUT2D eigenvalue weighted by molar-refractivity contribution is -0.193. The average Bonchev–Trinajstić information content (AvgIpc) is 3.54. The van der Waals surface area contributed by atoms with E-state index < -0.39 is 24.3 Å². The normalized spacial score (nSPS) is 19.4. The highest BCUT2D eigenvalue weighted by Gasteiger charge is 2.38. The van der Waals surface area contributed by atoms with Crippen molar-refractivity contribution >= 4 is 11.9 Å². The van der Waals surface area contributed by atoms with Gasteiger partial charge in [0.1, 0.15) is 11.6 Å². The highest BCUT2D eigenvalue weighted by molar-refractivity contribution is 5.73. The third-order valence-corrected chi connectivity index (χ3v) is 5.29. The second-order valence-electron chi connectivity index (χ2n) is 8.21. The number of aromatic nitrogens is 3. The fraction of sp³-hybridized carbons (Fsp3) is 0.789. The quantitative estimate of drug-likeness (QED) is 0.576. The van der Waals surface area contributed by atoms with Crippen LogP contribution in [0.15, 0.2) is 0 Å². The molecule has 1 saturated heterocycles. The van der Waals surface area contributed by atoms with E-state index in [1.54, 1.807) is 0 Å². The lowest BCUT2D eigenvalue weighted by Gasteiger charge is -2.26. The smallest absolute Gasteiger partial charge is 0.475 e. The van der Waals surface area contributed by atoms with Crippen LogP contribution in [0.4, 0.5) is 26.3 Å². The van der Waals surface area contributed by atoms with E-state index in [1.807, 2.05) is 0 Å². The SMILES string of the molecule is C1CN(CC2CC2)Cc2nnc(CN3CCOCC3)n2C1.O=C(O)C(F)(F)F.O=C(O)C(F)(F)F. The molecule has 0 bridgehead atoms. The molecule has 1 aromatic heterocycles. The van der Waals surface area contributed by atoms with Crippen molar-refractivity contribution in [1.82, 2.24) is 24.6 Å². The number of rotatable bonds is 4. The molecule has 0 radical (unpaired) electrons. The first-order valence-electron chi connectivity index (χ1n) is 10.8. The molecule has 0 amide bonds. The van der Waals surface area contributed by atoms with Gasteiger partial charge in [0.2, 0.25) is 0 Å². The molecule has 3 aliphatic rings. The van der Waals surface area contributed by atoms with Crippen molar-refractivity contribution in [3.8, 4) is 0 Å². The van der Waals surface area contributed by atoms with Crippen LogP contribution in [0.2, 0.25) is 0 Å². The summed E-state index contributed by atoms with van der Waals surface area (Å²) >= 11 is 0. The Morgan fingerprint density at radius 3 is 1.91 bits per heavy atom. The Balaban J connectivity index is 0.000000257. The van der Waals surface area contributed by atoms with Crippen LogP contribution >= 0.6 is 0 Å². The Morgan fingerprint density at radius 1 is 0.886 bits per heavy atom. The molecule has 10 nitrogen and oxygen atoms in total. The summed E-state index contributed by atoms with van der Waals surface area (Å²) < 4.78 is 71.3. The monoisotopic (exact) mass is 519 g/mol. The number of nitrogens with zero attached hydrogens (tertiary/aromatic N) is 5. The van der Waals surface area contributed by atoms with Gasteiger partial charge in [-0.25, -0.2) is 9.59 Å². The van der Waals surface area contributed by atoms with Gasteiger partial charge in [-0.2, -0.15) is 26.3 Å². The average molecular weight is 519 g/mol. The molecule has 1 aromatic rings. The summed E-state index contributed by atoms with van der Waals surface area (Å²) in [7, 11) is 0. The van der Waals surface area contributed by atoms with E-state index in [0.29, 0.717) is 0 Å². The van der Waals surface area contributed by atoms with Gasteiger partial charge in [0, 0.05) is 32.7 Å². The van der Waals surface area contributed by atoms with Crippen molar-refractivity contribution in [3.05, 3.63) is 11.6 Å². The van der Waals surface area contributed by atoms with Crippen LogP contribution in [0.5, 0.6) is 0 Å². The third-order valence-electron chi connectivity index (χ3n) is 5.29. The minimum absolute atomic E-state index is 0.843. The Bertz CT molecular complexity index is 813. The number of halogens is 6. The summed E-state index contributed by atoms with van der Waals surface area (Å²) in [5.41, 5.74) is 0. The van der Waals surface area contributed by atoms with Gasteiger partial charge >= 0.3 is 24.3 Å². The summed E-state index contributed by atoms with van der Waals surface area (Å²) in [4.78, 5) is 22.8. The Morgan fingerprint density at radius 2 is 1.43 bits per heavy atom. The van der Waals surface area contributed by atoms with Gasteiger partial charge in [0.05, 0.1) is 26.3 Å². The molecule has 2 aliphatic heterocycles. The van der Waals surface area contributed by atoms with Crippen LogP contribution in [-0.4, -0.2) is 98.5 Å². The molecule has 1 aliphatic carbocycles. The molecule has 2 fully saturated rings. The predicted octanol–water partition coefficient (Wildman–Crippen LogP) is 1.99. The number of aliphatic carboxylic acids is 2. The van der Waals surface area contributed by atoms with Crippen molar-refractivity contribution in [2.45, 2.75) is 51.2 Å². The number of hydrogen-bond acceptors (Lipinski definition) is 7. The summed E-state index contributed by atoms with van der Waals surface area (Å²) in [6.45, 7) is 9.13. The lowest BCUT2D eigenvalue weighted by Crippen LogP contribution is -2.36. The van der Waals surface area contributed by atoms with Crippen LogP contribution in [-0.2, 0) is 34.0 Å². The molecule has 0 spiro atoms. The van der Waals surface area contributed by atoms with Crippen LogP contribution in [0, 0.1) is 5.92 Å². The summed E-state index contributed by atoms with van der Waals surface area (Å²) in [5.74, 6) is -2.26. The minimum Gasteiger partial charge on any atom is -0.475 e. The molecule has 0 unspecified atom stereocenters. The van der Waals surface area contributed by atoms with Crippen LogP contribution < -0.4 is 0 Å². The second kappa shape index (κ2) is 12.5. The maximum Gasteiger partial charge on any atom is 0.490 e. The van der Waals surface area contributed by atoms with E-state index in [0.717, 1.165) is 63.5 Å². The van der Waals surface area contributed by atoms with E-state index in [9.17, 15) is 26.3 Å². The number of carboxylic acid groups (broad SMARTS) is 2. The van der Waals surface area contributed by atoms with Gasteiger partial charge in [-0.3, -0.25) is 9.80 Å². The molecule has 35 heavy (non-hydrogen) atoms. The van der Waals surface area contributed by atoms with Gasteiger partial charge in [-0.1, -0.05) is 0 Å². The Labute approximate surface area is 196 Å². The molecule has 0 atom stereocenters. The largest absolute Gasteiger partial charge is 0.490 e. The van der Waals surface area contributed by atoms with Crippen molar-refractivity contribution < 1.29 is 50.9 Å². The zero-order chi connectivity index (χ0) is 26.2. The van der Waals surface area contributed by atoms with Gasteiger partial charge < -0.3 is 19.5 Å². The topological polar surface area (TPSA) is 121 Å². The first-order valence-corrected chi connectivity index (χ1v) is 10.8. The molecule has 3 heterocycles. The zero-order valence-electron chi connectivity index (χ0n) is 18.7. The van der Waals surface area contributed by atoms with Gasteiger partial charge in [0.15, 0.2) is 0 Å². The number of fused-ring (bicyclic) bond motifs is 1. The maximum atomic E-state index is 10.6. The fourth-order valence-electron chi connectivity index (χ4n) is 3.38. The Hall–Kier alpha value is -2.46. The lowest BCUT2D eigenvalue weighted by atomic mass is 10.3. The van der Waals surface area contributed by atoms with E-state index >= 15 is 0 Å². The van der Waals surface area contributed by atoms with E-state index in [-0.39, 0.29) is 0 Å². The van der Waals surface area contributed by atoms with Crippen molar-refractivity contribution in [1.29, 1.82) is 0 Å². The third kappa shape index (κ3) is 10.4. The molecule has 4 rings (SSSR count). The standard InChI is InChI=1S/C15H25N5O.2C2HF3O2/c1-4-19(10-13-2-3-13)12-15-17-16-14(20(15)5-1)11-18-6-8-21-9-7-18;2*3-2(4,5)1(6)7/h13H,1-12H2;2*(H,6,7). The number of carboxylic acids is 2. The number of alkyl halides is 6. The molecular weight excluding hydrogens is 492 g/mol. The van der Waals surface area contributed by atoms with Gasteiger partial charge in [-0.15, -0.1) is 10.2 Å². The molecule has 2 N–H and O–H groups in total. The van der Waals surface area contributed by atoms with E-state index in [4.69, 9.17) is 24.5 Å². The molecule has 200 valence electrons. The summed E-state index contributed by atoms with van der Waals surface area (Å²) in [5, 5.41) is 23.2. The van der Waals surface area contributed by atoms with Gasteiger partial charge in [0.25, 0.3) is 0 Å². The highest BCUT2D eigenvalue weighted by Crippen LogP contribution is 2.30. The maximum absolute atomic E-state index is 10.6. The number of carbonyl (C=O) groups is 2. The second-order valence-corrected chi connectivity index (χ2v) is 8.21. The van der Waals surface area contributed by atoms with Crippen LogP contribution in [0.3, 0.4) is 0 Å². The Kier molecular flexibility index (Phi) is 10.3. The van der Waals surface area contributed by atoms with E-state index in [1.165, 1.54) is 32.4 Å². The number of morpholine rings is 1. The van der Waals surface area contributed by atoms with Gasteiger partial charge in [-0.05, 0) is 25.2 Å². The first kappa shape index (κ1) is 28.8. The predicted molar refractivity (Wildman–Crippen MR) is 106 cm³/mol. The minimum atomic E-state index is -5.08. The van der Waals surface area contributed by atoms with Crippen LogP contribution in [0.25, 0.3) is 0 Å². The first-order chi connectivity index (χ1) is 16.3. The zero-order valence-corrected chi connectivity index (χ0v) is 18.7. The molecular formula is C19H27F6N5O5. The molecule has 0 aromatic carbocycles. The highest BCUT2D eigenvalue weighted by atomic mass is 19.4. The molecule has 16 heteroatoms. The van der Waals surface area contributed by atoms with E-state index in [2.05, 4.69) is 24.6 Å². The molecule has 1 saturated carbocycles.